The van der Waals surface area contributed by atoms with Crippen molar-refractivity contribution in [2.24, 2.45) is 5.92 Å². The molecular weight excluding hydrogens is 715 g/mol. The molecule has 0 aliphatic carbocycles. The van der Waals surface area contributed by atoms with E-state index in [1.54, 1.807) is 0 Å². The van der Waals surface area contributed by atoms with Gasteiger partial charge in [-0.2, -0.15) is 0 Å². The van der Waals surface area contributed by atoms with Crippen molar-refractivity contribution >= 4 is 11.9 Å². The van der Waals surface area contributed by atoms with E-state index in [1.165, 1.54) is 57.8 Å². The minimum atomic E-state index is -0.359. The first-order valence-corrected chi connectivity index (χ1v) is 24.2. The summed E-state index contributed by atoms with van der Waals surface area (Å²) in [6, 6.07) is 0. The van der Waals surface area contributed by atoms with Crippen LogP contribution in [0.2, 0.25) is 0 Å². The predicted octanol–water partition coefficient (Wildman–Crippen LogP) is 12.8. The first-order chi connectivity index (χ1) is 28.0. The number of allylic oxidation sites excluding steroid dienone is 4. The lowest BCUT2D eigenvalue weighted by molar-refractivity contribution is -0.159. The summed E-state index contributed by atoms with van der Waals surface area (Å²) in [5.41, 5.74) is 0. The van der Waals surface area contributed by atoms with E-state index in [4.69, 9.17) is 18.9 Å². The zero-order valence-electron chi connectivity index (χ0n) is 38.0. The molecule has 0 fully saturated rings. The van der Waals surface area contributed by atoms with Gasteiger partial charge in [-0.05, 0) is 115 Å². The zero-order chi connectivity index (χ0) is 41.7. The summed E-state index contributed by atoms with van der Waals surface area (Å²) in [6.45, 7) is 14.4. The molecule has 0 aliphatic heterocycles. The molecule has 0 spiro atoms. The van der Waals surface area contributed by atoms with Gasteiger partial charge >= 0.3 is 11.9 Å². The molecule has 0 saturated carbocycles. The van der Waals surface area contributed by atoms with E-state index >= 15 is 0 Å². The lowest BCUT2D eigenvalue weighted by Crippen LogP contribution is -2.28. The van der Waals surface area contributed by atoms with E-state index in [9.17, 15) is 14.7 Å². The van der Waals surface area contributed by atoms with Gasteiger partial charge in [0.2, 0.25) is 0 Å². The molecule has 0 aromatic carbocycles. The third kappa shape index (κ3) is 40.8. The Morgan fingerprint density at radius 1 is 0.509 bits per heavy atom. The second-order valence-electron chi connectivity index (χ2n) is 16.1. The molecule has 0 amide bonds. The third-order valence-electron chi connectivity index (χ3n) is 10.6. The van der Waals surface area contributed by atoms with Crippen LogP contribution in [-0.4, -0.2) is 80.9 Å². The largest absolute Gasteiger partial charge is 0.466 e. The van der Waals surface area contributed by atoms with E-state index in [0.717, 1.165) is 129 Å². The fraction of sp³-hybridized carbons (Fsp3) is 0.878. The highest BCUT2D eigenvalue weighted by Crippen LogP contribution is 2.19. The molecule has 1 unspecified atom stereocenters. The van der Waals surface area contributed by atoms with Gasteiger partial charge in [-0.25, -0.2) is 0 Å². The Balaban J connectivity index is 4.19. The summed E-state index contributed by atoms with van der Waals surface area (Å²) in [7, 11) is 0. The number of esters is 2. The number of aliphatic hydroxyl groups is 1. The normalized spacial score (nSPS) is 12.5. The molecule has 1 atom stereocenters. The summed E-state index contributed by atoms with van der Waals surface area (Å²) in [6.07, 6.45) is 38.6. The molecule has 0 heterocycles. The van der Waals surface area contributed by atoms with Crippen LogP contribution < -0.4 is 0 Å². The van der Waals surface area contributed by atoms with Gasteiger partial charge in [0.05, 0.1) is 19.6 Å². The highest BCUT2D eigenvalue weighted by molar-refractivity contribution is 5.69. The Morgan fingerprint density at radius 2 is 1.04 bits per heavy atom. The molecule has 8 heteroatoms. The van der Waals surface area contributed by atoms with Crippen molar-refractivity contribution in [1.82, 2.24) is 4.90 Å². The van der Waals surface area contributed by atoms with Gasteiger partial charge in [0.15, 0.2) is 6.29 Å². The van der Waals surface area contributed by atoms with Crippen molar-refractivity contribution in [1.29, 1.82) is 0 Å². The number of rotatable bonds is 45. The van der Waals surface area contributed by atoms with Crippen molar-refractivity contribution in [3.05, 3.63) is 24.3 Å². The Hall–Kier alpha value is -1.74. The van der Waals surface area contributed by atoms with Crippen LogP contribution in [0, 0.1) is 5.92 Å². The number of hydrogen-bond acceptors (Lipinski definition) is 8. The van der Waals surface area contributed by atoms with Crippen LogP contribution in [0.4, 0.5) is 0 Å². The van der Waals surface area contributed by atoms with Gasteiger partial charge < -0.3 is 29.0 Å². The summed E-state index contributed by atoms with van der Waals surface area (Å²) >= 11 is 0. The average molecular weight is 808 g/mol. The Kier molecular flexibility index (Phi) is 44.0. The van der Waals surface area contributed by atoms with E-state index < -0.39 is 0 Å². The maximum atomic E-state index is 12.5. The maximum absolute atomic E-state index is 12.5. The minimum Gasteiger partial charge on any atom is -0.466 e. The first-order valence-electron chi connectivity index (χ1n) is 24.2. The number of carbonyl (C=O) groups excluding carboxylic acids is 2. The molecule has 0 bridgehead atoms. The topological polar surface area (TPSA) is 94.5 Å². The second kappa shape index (κ2) is 45.3. The van der Waals surface area contributed by atoms with Gasteiger partial charge in [0, 0.05) is 39.2 Å². The van der Waals surface area contributed by atoms with Gasteiger partial charge in [0.25, 0.3) is 0 Å². The van der Waals surface area contributed by atoms with Crippen molar-refractivity contribution in [2.75, 3.05) is 52.7 Å². The Labute approximate surface area is 352 Å². The average Bonchev–Trinajstić information content (AvgIpc) is 3.21. The molecule has 0 aromatic heterocycles. The molecule has 0 aromatic rings. The number of nitrogens with zero attached hydrogens (tertiary/aromatic N) is 1. The highest BCUT2D eigenvalue weighted by atomic mass is 16.7. The van der Waals surface area contributed by atoms with Crippen LogP contribution in [0.1, 0.15) is 214 Å². The Bertz CT molecular complexity index is 886. The van der Waals surface area contributed by atoms with Crippen molar-refractivity contribution in [3.8, 4) is 0 Å². The quantitative estimate of drug-likeness (QED) is 0.0281. The third-order valence-corrected chi connectivity index (χ3v) is 10.6. The fourth-order valence-corrected chi connectivity index (χ4v) is 6.94. The lowest BCUT2D eigenvalue weighted by Gasteiger charge is -2.22. The van der Waals surface area contributed by atoms with Gasteiger partial charge in [0.1, 0.15) is 0 Å². The fourth-order valence-electron chi connectivity index (χ4n) is 6.94. The summed E-state index contributed by atoms with van der Waals surface area (Å²) in [4.78, 5) is 27.4. The van der Waals surface area contributed by atoms with Crippen LogP contribution in [0.3, 0.4) is 0 Å². The van der Waals surface area contributed by atoms with E-state index in [2.05, 4.69) is 56.9 Å². The Morgan fingerprint density at radius 3 is 1.65 bits per heavy atom. The standard InChI is InChI=1S/C49H93NO7/c1-5-9-13-16-22-30-43-55-49(56-44-31-23-17-14-10-6-2)37-36-48(53)54-42-29-24-21-28-39-50(40-32-41-51)38-27-20-18-19-26-35-47(52)57-45-46(33-12-8-4)34-25-15-11-7-3/h9-10,13-14,46,49,51H,5-8,11-12,15-45H2,1-4H3/b13-9-,14-10-. The van der Waals surface area contributed by atoms with Crippen LogP contribution >= 0.6 is 0 Å². The molecule has 336 valence electrons. The van der Waals surface area contributed by atoms with E-state index in [-0.39, 0.29) is 24.8 Å². The van der Waals surface area contributed by atoms with Crippen LogP contribution in [-0.2, 0) is 28.5 Å². The molecule has 0 rings (SSSR count). The molecule has 57 heavy (non-hydrogen) atoms. The monoisotopic (exact) mass is 808 g/mol. The highest BCUT2D eigenvalue weighted by Gasteiger charge is 2.14. The van der Waals surface area contributed by atoms with Crippen molar-refractivity contribution in [2.45, 2.75) is 220 Å². The van der Waals surface area contributed by atoms with Crippen LogP contribution in [0.25, 0.3) is 0 Å². The second-order valence-corrected chi connectivity index (χ2v) is 16.1. The first kappa shape index (κ1) is 55.3. The number of ether oxygens (including phenoxy) is 4. The number of carbonyl (C=O) groups is 2. The summed E-state index contributed by atoms with van der Waals surface area (Å²) in [5.74, 6) is 0.333. The minimum absolute atomic E-state index is 0.0210. The van der Waals surface area contributed by atoms with Crippen LogP contribution in [0.15, 0.2) is 24.3 Å². The predicted molar refractivity (Wildman–Crippen MR) is 239 cm³/mol. The SMILES string of the molecule is CC/C=C\CCCCOC(CCC(=O)OCCCCCCN(CCCO)CCCCCCCC(=O)OCC(CCCC)CCCCCC)OCCCC/C=C\CC. The lowest BCUT2D eigenvalue weighted by atomic mass is 9.96. The molecular formula is C49H93NO7. The molecule has 1 N–H and O–H groups in total. The summed E-state index contributed by atoms with van der Waals surface area (Å²) in [5, 5.41) is 9.41. The smallest absolute Gasteiger partial charge is 0.305 e. The number of aliphatic hydroxyl groups excluding tert-OH is 1. The van der Waals surface area contributed by atoms with Crippen LogP contribution in [0.5, 0.6) is 0 Å². The van der Waals surface area contributed by atoms with E-state index in [0.29, 0.717) is 51.6 Å². The molecule has 8 nitrogen and oxygen atoms in total. The van der Waals surface area contributed by atoms with Gasteiger partial charge in [-0.1, -0.05) is 123 Å². The van der Waals surface area contributed by atoms with E-state index in [1.807, 2.05) is 0 Å². The zero-order valence-corrected chi connectivity index (χ0v) is 38.0. The number of unbranched alkanes of at least 4 members (excludes halogenated alkanes) is 15. The summed E-state index contributed by atoms with van der Waals surface area (Å²) < 4.78 is 23.4. The maximum Gasteiger partial charge on any atom is 0.305 e. The number of hydrogen-bond donors (Lipinski definition) is 1. The van der Waals surface area contributed by atoms with Crippen molar-refractivity contribution < 1.29 is 33.6 Å². The van der Waals surface area contributed by atoms with Crippen molar-refractivity contribution in [3.63, 3.8) is 0 Å². The molecule has 0 saturated heterocycles. The molecule has 0 radical (unpaired) electrons. The van der Waals surface area contributed by atoms with Gasteiger partial charge in [-0.15, -0.1) is 0 Å². The van der Waals surface area contributed by atoms with Gasteiger partial charge in [-0.3, -0.25) is 9.59 Å². The molecule has 0 aliphatic rings.